The van der Waals surface area contributed by atoms with Crippen LogP contribution in [0.5, 0.6) is 0 Å². The Balaban J connectivity index is 0.00000200. The van der Waals surface area contributed by atoms with Crippen molar-refractivity contribution in [1.29, 1.82) is 0 Å². The first-order valence-electron chi connectivity index (χ1n) is 7.29. The third kappa shape index (κ3) is 4.18. The summed E-state index contributed by atoms with van der Waals surface area (Å²) < 4.78 is 13.8. The van der Waals surface area contributed by atoms with E-state index in [1.807, 2.05) is 13.0 Å². The first-order valence-corrected chi connectivity index (χ1v) is 7.29. The van der Waals surface area contributed by atoms with Crippen molar-refractivity contribution < 1.29 is 4.39 Å². The van der Waals surface area contributed by atoms with Crippen LogP contribution < -0.4 is 5.32 Å². The average Bonchev–Trinajstić information content (AvgIpc) is 2.40. The molecule has 1 fully saturated rings. The van der Waals surface area contributed by atoms with Crippen LogP contribution in [0.1, 0.15) is 37.4 Å². The maximum Gasteiger partial charge on any atom is 0.126 e. The molecule has 1 aromatic rings. The van der Waals surface area contributed by atoms with E-state index in [4.69, 9.17) is 0 Å². The number of halogens is 2. The second kappa shape index (κ2) is 7.96. The summed E-state index contributed by atoms with van der Waals surface area (Å²) in [5.41, 5.74) is 1.97. The lowest BCUT2D eigenvalue weighted by molar-refractivity contribution is 0.153. The zero-order chi connectivity index (χ0) is 13.8. The average molecular weight is 301 g/mol. The summed E-state index contributed by atoms with van der Waals surface area (Å²) in [6.07, 6.45) is 1.09. The van der Waals surface area contributed by atoms with E-state index < -0.39 is 0 Å². The van der Waals surface area contributed by atoms with Gasteiger partial charge in [-0.1, -0.05) is 26.0 Å². The fourth-order valence-electron chi connectivity index (χ4n) is 2.90. The molecule has 1 aliphatic rings. The van der Waals surface area contributed by atoms with Crippen LogP contribution in [-0.2, 0) is 0 Å². The fraction of sp³-hybridized carbons (Fsp3) is 0.625. The molecule has 0 aliphatic carbocycles. The second-order valence-electron chi connectivity index (χ2n) is 5.89. The summed E-state index contributed by atoms with van der Waals surface area (Å²) in [4.78, 5) is 2.50. The molecule has 20 heavy (non-hydrogen) atoms. The van der Waals surface area contributed by atoms with E-state index in [2.05, 4.69) is 30.1 Å². The zero-order valence-electron chi connectivity index (χ0n) is 12.7. The number of hydrogen-bond donors (Lipinski definition) is 1. The van der Waals surface area contributed by atoms with Crippen LogP contribution in [0.2, 0.25) is 0 Å². The second-order valence-corrected chi connectivity index (χ2v) is 5.89. The fourth-order valence-corrected chi connectivity index (χ4v) is 2.90. The van der Waals surface area contributed by atoms with Crippen molar-refractivity contribution in [2.75, 3.05) is 26.2 Å². The number of rotatable bonds is 4. The van der Waals surface area contributed by atoms with E-state index in [1.54, 1.807) is 6.07 Å². The minimum Gasteiger partial charge on any atom is -0.314 e. The lowest BCUT2D eigenvalue weighted by atomic mass is 9.92. The van der Waals surface area contributed by atoms with Gasteiger partial charge in [-0.3, -0.25) is 4.90 Å². The lowest BCUT2D eigenvalue weighted by Crippen LogP contribution is -2.45. The first kappa shape index (κ1) is 17.4. The number of benzene rings is 1. The molecule has 2 rings (SSSR count). The minimum atomic E-state index is -0.0820. The van der Waals surface area contributed by atoms with Crippen molar-refractivity contribution in [2.45, 2.75) is 33.2 Å². The molecule has 0 radical (unpaired) electrons. The van der Waals surface area contributed by atoms with Crippen molar-refractivity contribution in [3.63, 3.8) is 0 Å². The molecule has 4 heteroatoms. The van der Waals surface area contributed by atoms with E-state index in [1.165, 1.54) is 0 Å². The van der Waals surface area contributed by atoms with Gasteiger partial charge in [0.1, 0.15) is 5.82 Å². The van der Waals surface area contributed by atoms with Gasteiger partial charge < -0.3 is 5.32 Å². The summed E-state index contributed by atoms with van der Waals surface area (Å²) in [7, 11) is 0. The molecule has 0 saturated carbocycles. The highest BCUT2D eigenvalue weighted by Gasteiger charge is 2.24. The van der Waals surface area contributed by atoms with Crippen LogP contribution in [0, 0.1) is 18.7 Å². The predicted octanol–water partition coefficient (Wildman–Crippen LogP) is 3.55. The normalized spacial score (nSPS) is 17.9. The van der Waals surface area contributed by atoms with Gasteiger partial charge in [0.25, 0.3) is 0 Å². The van der Waals surface area contributed by atoms with Gasteiger partial charge in [-0.25, -0.2) is 4.39 Å². The first-order chi connectivity index (χ1) is 9.09. The quantitative estimate of drug-likeness (QED) is 0.915. The molecule has 1 heterocycles. The topological polar surface area (TPSA) is 15.3 Å². The molecular weight excluding hydrogens is 275 g/mol. The Bertz CT molecular complexity index is 417. The molecule has 1 atom stereocenters. The molecule has 1 aromatic carbocycles. The molecule has 1 saturated heterocycles. The molecule has 0 spiro atoms. The molecule has 0 aromatic heterocycles. The molecule has 1 aliphatic heterocycles. The van der Waals surface area contributed by atoms with Crippen molar-refractivity contribution >= 4 is 12.4 Å². The van der Waals surface area contributed by atoms with Gasteiger partial charge in [0.15, 0.2) is 0 Å². The molecule has 114 valence electrons. The SMILES string of the molecule is Cc1c(F)cccc1[C@@H](CC(C)C)N1CCNCC1.Cl. The zero-order valence-corrected chi connectivity index (χ0v) is 13.5. The van der Waals surface area contributed by atoms with Gasteiger partial charge >= 0.3 is 0 Å². The monoisotopic (exact) mass is 300 g/mol. The highest BCUT2D eigenvalue weighted by Crippen LogP contribution is 2.31. The lowest BCUT2D eigenvalue weighted by Gasteiger charge is -2.37. The van der Waals surface area contributed by atoms with Gasteiger partial charge in [0.05, 0.1) is 0 Å². The summed E-state index contributed by atoms with van der Waals surface area (Å²) in [6.45, 7) is 10.5. The Labute approximate surface area is 128 Å². The highest BCUT2D eigenvalue weighted by atomic mass is 35.5. The Hall–Kier alpha value is -0.640. The minimum absolute atomic E-state index is 0. The maximum absolute atomic E-state index is 13.8. The van der Waals surface area contributed by atoms with Crippen LogP contribution in [-0.4, -0.2) is 31.1 Å². The van der Waals surface area contributed by atoms with E-state index in [0.717, 1.165) is 43.7 Å². The van der Waals surface area contributed by atoms with Crippen LogP contribution in [0.4, 0.5) is 4.39 Å². The third-order valence-corrected chi connectivity index (χ3v) is 3.96. The van der Waals surface area contributed by atoms with Gasteiger partial charge in [-0.05, 0) is 36.5 Å². The van der Waals surface area contributed by atoms with Crippen molar-refractivity contribution in [3.8, 4) is 0 Å². The summed E-state index contributed by atoms with van der Waals surface area (Å²) in [5, 5.41) is 3.38. The number of nitrogens with one attached hydrogen (secondary N) is 1. The van der Waals surface area contributed by atoms with E-state index in [-0.39, 0.29) is 18.2 Å². The molecule has 1 N–H and O–H groups in total. The van der Waals surface area contributed by atoms with Crippen LogP contribution in [0.15, 0.2) is 18.2 Å². The number of piperazine rings is 1. The van der Waals surface area contributed by atoms with E-state index in [0.29, 0.717) is 12.0 Å². The Morgan fingerprint density at radius 1 is 1.25 bits per heavy atom. The van der Waals surface area contributed by atoms with Gasteiger partial charge in [0, 0.05) is 32.2 Å². The molecular formula is C16H26ClFN2. The summed E-state index contributed by atoms with van der Waals surface area (Å²) in [5.74, 6) is 0.531. The molecule has 2 nitrogen and oxygen atoms in total. The van der Waals surface area contributed by atoms with Crippen LogP contribution >= 0.6 is 12.4 Å². The standard InChI is InChI=1S/C16H25FN2.ClH/c1-12(2)11-16(19-9-7-18-8-10-19)14-5-4-6-15(17)13(14)3;/h4-6,12,16,18H,7-11H2,1-3H3;1H/t16-;/m1./s1. The van der Waals surface area contributed by atoms with Gasteiger partial charge in [-0.2, -0.15) is 0 Å². The van der Waals surface area contributed by atoms with Crippen LogP contribution in [0.25, 0.3) is 0 Å². The van der Waals surface area contributed by atoms with E-state index >= 15 is 0 Å². The van der Waals surface area contributed by atoms with Crippen molar-refractivity contribution in [3.05, 3.63) is 35.1 Å². The van der Waals surface area contributed by atoms with E-state index in [9.17, 15) is 4.39 Å². The Morgan fingerprint density at radius 3 is 2.50 bits per heavy atom. The largest absolute Gasteiger partial charge is 0.314 e. The Kier molecular flexibility index (Phi) is 6.93. The highest BCUT2D eigenvalue weighted by molar-refractivity contribution is 5.85. The molecule has 0 amide bonds. The number of nitrogens with zero attached hydrogens (tertiary/aromatic N) is 1. The molecule has 0 unspecified atom stereocenters. The van der Waals surface area contributed by atoms with Crippen LogP contribution in [0.3, 0.4) is 0 Å². The van der Waals surface area contributed by atoms with Gasteiger partial charge in [-0.15, -0.1) is 12.4 Å². The predicted molar refractivity (Wildman–Crippen MR) is 85.0 cm³/mol. The van der Waals surface area contributed by atoms with Crippen molar-refractivity contribution in [1.82, 2.24) is 10.2 Å². The maximum atomic E-state index is 13.8. The number of hydrogen-bond acceptors (Lipinski definition) is 2. The summed E-state index contributed by atoms with van der Waals surface area (Å²) in [6, 6.07) is 5.83. The molecule has 0 bridgehead atoms. The van der Waals surface area contributed by atoms with Gasteiger partial charge in [0.2, 0.25) is 0 Å². The smallest absolute Gasteiger partial charge is 0.126 e. The summed E-state index contributed by atoms with van der Waals surface area (Å²) >= 11 is 0. The van der Waals surface area contributed by atoms with Crippen molar-refractivity contribution in [2.24, 2.45) is 5.92 Å². The third-order valence-electron chi connectivity index (χ3n) is 3.96. The Morgan fingerprint density at radius 2 is 1.90 bits per heavy atom.